The number of nitrogens with one attached hydrogen (secondary N) is 3. The SMILES string of the molecule is CCCCCN1CCN(S(=O)(=O)c2cccs2)C(C(=O)Nc2ccc3[nH]c4c(c3c2)CCNC4=O)C1. The van der Waals surface area contributed by atoms with Gasteiger partial charge in [-0.05, 0) is 54.6 Å². The number of hydrogen-bond donors (Lipinski definition) is 3. The van der Waals surface area contributed by atoms with Crippen molar-refractivity contribution in [1.29, 1.82) is 0 Å². The molecule has 3 aromatic rings. The van der Waals surface area contributed by atoms with E-state index in [-0.39, 0.29) is 22.6 Å². The number of nitrogens with zero attached hydrogens (tertiary/aromatic N) is 2. The van der Waals surface area contributed by atoms with E-state index in [0.29, 0.717) is 37.4 Å². The van der Waals surface area contributed by atoms with E-state index < -0.39 is 16.1 Å². The van der Waals surface area contributed by atoms with Gasteiger partial charge in [0.15, 0.2) is 0 Å². The van der Waals surface area contributed by atoms with E-state index in [2.05, 4.69) is 27.4 Å². The van der Waals surface area contributed by atoms with Crippen molar-refractivity contribution in [2.75, 3.05) is 38.0 Å². The van der Waals surface area contributed by atoms with Gasteiger partial charge >= 0.3 is 0 Å². The zero-order valence-electron chi connectivity index (χ0n) is 20.2. The summed E-state index contributed by atoms with van der Waals surface area (Å²) in [5.74, 6) is -0.477. The standard InChI is InChI=1S/C25H31N5O4S2/c1-2-3-4-11-29-12-13-30(36(33,34)22-6-5-14-35-22)21(16-29)24(31)27-17-7-8-20-19(15-17)18-9-10-26-25(32)23(18)28-20/h5-8,14-15,21,28H,2-4,9-13,16H2,1H3,(H,26,32)(H,27,31). The van der Waals surface area contributed by atoms with Gasteiger partial charge in [0.25, 0.3) is 15.9 Å². The van der Waals surface area contributed by atoms with Crippen molar-refractivity contribution in [3.8, 4) is 0 Å². The molecule has 0 spiro atoms. The summed E-state index contributed by atoms with van der Waals surface area (Å²) in [6, 6.07) is 7.94. The van der Waals surface area contributed by atoms with Crippen molar-refractivity contribution in [3.05, 3.63) is 47.0 Å². The summed E-state index contributed by atoms with van der Waals surface area (Å²) < 4.78 is 28.4. The maximum absolute atomic E-state index is 13.6. The van der Waals surface area contributed by atoms with Gasteiger partial charge in [-0.25, -0.2) is 8.42 Å². The minimum Gasteiger partial charge on any atom is -0.350 e. The van der Waals surface area contributed by atoms with Crippen molar-refractivity contribution >= 4 is 49.8 Å². The van der Waals surface area contributed by atoms with Gasteiger partial charge in [0, 0.05) is 42.8 Å². The first-order valence-electron chi connectivity index (χ1n) is 12.4. The van der Waals surface area contributed by atoms with Crippen LogP contribution in [0.1, 0.15) is 42.2 Å². The predicted octanol–water partition coefficient (Wildman–Crippen LogP) is 3.02. The summed E-state index contributed by atoms with van der Waals surface area (Å²) >= 11 is 1.16. The van der Waals surface area contributed by atoms with Gasteiger partial charge in [0.1, 0.15) is 15.9 Å². The fourth-order valence-corrected chi connectivity index (χ4v) is 7.72. The predicted molar refractivity (Wildman–Crippen MR) is 141 cm³/mol. The number of unbranched alkanes of at least 4 members (excludes halogenated alkanes) is 2. The summed E-state index contributed by atoms with van der Waals surface area (Å²) in [5.41, 5.74) is 2.91. The molecule has 3 N–H and O–H groups in total. The molecule has 9 nitrogen and oxygen atoms in total. The molecule has 1 atom stereocenters. The maximum atomic E-state index is 13.6. The Morgan fingerprint density at radius 2 is 2.08 bits per heavy atom. The van der Waals surface area contributed by atoms with Crippen molar-refractivity contribution < 1.29 is 18.0 Å². The zero-order valence-corrected chi connectivity index (χ0v) is 21.9. The molecule has 2 aromatic heterocycles. The number of sulfonamides is 1. The van der Waals surface area contributed by atoms with Crippen molar-refractivity contribution in [2.24, 2.45) is 0 Å². The van der Waals surface area contributed by atoms with E-state index in [1.807, 2.05) is 12.1 Å². The largest absolute Gasteiger partial charge is 0.350 e. The lowest BCUT2D eigenvalue weighted by atomic mass is 10.0. The van der Waals surface area contributed by atoms with E-state index in [1.165, 1.54) is 4.31 Å². The molecule has 192 valence electrons. The number of anilines is 1. The lowest BCUT2D eigenvalue weighted by Gasteiger charge is -2.39. The van der Waals surface area contributed by atoms with Crippen LogP contribution in [0.5, 0.6) is 0 Å². The van der Waals surface area contributed by atoms with E-state index in [0.717, 1.165) is 53.6 Å². The average molecular weight is 530 g/mol. The Morgan fingerprint density at radius 1 is 1.22 bits per heavy atom. The highest BCUT2D eigenvalue weighted by atomic mass is 32.2. The number of aromatic nitrogens is 1. The zero-order chi connectivity index (χ0) is 25.3. The molecule has 0 bridgehead atoms. The topological polar surface area (TPSA) is 115 Å². The Kier molecular flexibility index (Phi) is 7.16. The lowest BCUT2D eigenvalue weighted by Crippen LogP contribution is -2.59. The van der Waals surface area contributed by atoms with Crippen LogP contribution in [0, 0.1) is 0 Å². The number of H-pyrrole nitrogens is 1. The molecule has 1 fully saturated rings. The van der Waals surface area contributed by atoms with Crippen LogP contribution in [0.3, 0.4) is 0 Å². The van der Waals surface area contributed by atoms with Gasteiger partial charge in [-0.2, -0.15) is 4.31 Å². The number of benzene rings is 1. The summed E-state index contributed by atoms with van der Waals surface area (Å²) in [7, 11) is -3.78. The summed E-state index contributed by atoms with van der Waals surface area (Å²) in [6.45, 7) is 4.77. The average Bonchev–Trinajstić information content (AvgIpc) is 3.54. The first-order chi connectivity index (χ1) is 17.4. The van der Waals surface area contributed by atoms with E-state index in [9.17, 15) is 18.0 Å². The van der Waals surface area contributed by atoms with E-state index >= 15 is 0 Å². The van der Waals surface area contributed by atoms with Crippen LogP contribution in [-0.4, -0.2) is 73.2 Å². The Morgan fingerprint density at radius 3 is 2.86 bits per heavy atom. The third kappa shape index (κ3) is 4.80. The van der Waals surface area contributed by atoms with Crippen LogP contribution in [0.25, 0.3) is 10.9 Å². The Balaban J connectivity index is 1.41. The van der Waals surface area contributed by atoms with Crippen molar-refractivity contribution in [2.45, 2.75) is 42.9 Å². The molecule has 2 aliphatic rings. The Hall–Kier alpha value is -2.73. The number of piperazine rings is 1. The van der Waals surface area contributed by atoms with Crippen LogP contribution in [0.4, 0.5) is 5.69 Å². The lowest BCUT2D eigenvalue weighted by molar-refractivity contribution is -0.121. The highest BCUT2D eigenvalue weighted by Crippen LogP contribution is 2.29. The molecule has 0 radical (unpaired) electrons. The van der Waals surface area contributed by atoms with E-state index in [4.69, 9.17) is 0 Å². The number of aromatic amines is 1. The first-order valence-corrected chi connectivity index (χ1v) is 14.7. The van der Waals surface area contributed by atoms with Crippen LogP contribution < -0.4 is 10.6 Å². The summed E-state index contributed by atoms with van der Waals surface area (Å²) in [6.07, 6.45) is 3.93. The molecule has 0 saturated carbocycles. The number of thiophene rings is 1. The minimum atomic E-state index is -3.78. The molecule has 11 heteroatoms. The normalized spacial score (nSPS) is 19.2. The first kappa shape index (κ1) is 24.9. The van der Waals surface area contributed by atoms with Crippen LogP contribution in [-0.2, 0) is 21.2 Å². The second kappa shape index (κ2) is 10.3. The van der Waals surface area contributed by atoms with Gasteiger partial charge in [-0.3, -0.25) is 14.5 Å². The molecule has 2 aliphatic heterocycles. The van der Waals surface area contributed by atoms with Gasteiger partial charge in [0.2, 0.25) is 5.91 Å². The maximum Gasteiger partial charge on any atom is 0.268 e. The van der Waals surface area contributed by atoms with Gasteiger partial charge < -0.3 is 15.6 Å². The van der Waals surface area contributed by atoms with Gasteiger partial charge in [0.05, 0.1) is 0 Å². The highest BCUT2D eigenvalue weighted by molar-refractivity contribution is 7.91. The van der Waals surface area contributed by atoms with Gasteiger partial charge in [-0.15, -0.1) is 11.3 Å². The summed E-state index contributed by atoms with van der Waals surface area (Å²) in [4.78, 5) is 31.1. The molecule has 1 saturated heterocycles. The van der Waals surface area contributed by atoms with Crippen molar-refractivity contribution in [3.63, 3.8) is 0 Å². The quantitative estimate of drug-likeness (QED) is 0.388. The number of carbonyl (C=O) groups is 2. The molecule has 36 heavy (non-hydrogen) atoms. The second-order valence-electron chi connectivity index (χ2n) is 9.31. The smallest absolute Gasteiger partial charge is 0.268 e. The molecule has 1 unspecified atom stereocenters. The molecule has 1 aromatic carbocycles. The number of hydrogen-bond acceptors (Lipinski definition) is 6. The minimum absolute atomic E-state index is 0.127. The monoisotopic (exact) mass is 529 g/mol. The number of amides is 2. The number of carbonyl (C=O) groups excluding carboxylic acids is 2. The molecule has 4 heterocycles. The second-order valence-corrected chi connectivity index (χ2v) is 12.4. The highest BCUT2D eigenvalue weighted by Gasteiger charge is 2.40. The van der Waals surface area contributed by atoms with Gasteiger partial charge in [-0.1, -0.05) is 25.8 Å². The third-order valence-corrected chi connectivity index (χ3v) is 10.2. The number of fused-ring (bicyclic) bond motifs is 3. The molecule has 2 amide bonds. The third-order valence-electron chi connectivity index (χ3n) is 6.92. The molecular weight excluding hydrogens is 498 g/mol. The number of rotatable bonds is 8. The van der Waals surface area contributed by atoms with Crippen LogP contribution in [0.2, 0.25) is 0 Å². The molecule has 0 aliphatic carbocycles. The Labute approximate surface area is 214 Å². The molecular formula is C25H31N5O4S2. The fourth-order valence-electron chi connectivity index (χ4n) is 5.03. The Bertz CT molecular complexity index is 1370. The van der Waals surface area contributed by atoms with Crippen LogP contribution >= 0.6 is 11.3 Å². The van der Waals surface area contributed by atoms with Crippen molar-refractivity contribution in [1.82, 2.24) is 19.5 Å². The summed E-state index contributed by atoms with van der Waals surface area (Å²) in [5, 5.41) is 8.43. The van der Waals surface area contributed by atoms with Crippen LogP contribution in [0.15, 0.2) is 39.9 Å². The molecule has 5 rings (SSSR count). The van der Waals surface area contributed by atoms with E-state index in [1.54, 1.807) is 23.6 Å². The fraction of sp³-hybridized carbons (Fsp3) is 0.440.